The highest BCUT2D eigenvalue weighted by Crippen LogP contribution is 2.40. The Kier molecular flexibility index (Phi) is 10.1. The van der Waals surface area contributed by atoms with E-state index in [1.807, 2.05) is 84.2 Å². The van der Waals surface area contributed by atoms with Gasteiger partial charge in [-0.2, -0.15) is 0 Å². The Morgan fingerprint density at radius 3 is 2.30 bits per heavy atom. The van der Waals surface area contributed by atoms with E-state index in [0.717, 1.165) is 16.0 Å². The third-order valence-electron chi connectivity index (χ3n) is 6.61. The molecule has 44 heavy (non-hydrogen) atoms. The summed E-state index contributed by atoms with van der Waals surface area (Å²) in [6.45, 7) is 1.96. The standard InChI is InChI=1S/C35H30N2O5S2/c1-3-42-35(40)30-29(23-12-6-4-7-13-23)22-43-34(30)37-33(39)31(24-14-8-5-9-15-24)44-28-19-11-17-26(21-28)36-32(38)25-16-10-18-27(20-25)41-2/h4-22,31H,3H2,1-2H3,(H,36,38)(H,37,39). The molecule has 2 amide bonds. The predicted octanol–water partition coefficient (Wildman–Crippen LogP) is 8.32. The Morgan fingerprint density at radius 1 is 0.841 bits per heavy atom. The van der Waals surface area contributed by atoms with Crippen molar-refractivity contribution in [1.82, 2.24) is 0 Å². The molecule has 1 heterocycles. The van der Waals surface area contributed by atoms with Gasteiger partial charge in [-0.3, -0.25) is 9.59 Å². The van der Waals surface area contributed by atoms with Crippen molar-refractivity contribution in [3.63, 3.8) is 0 Å². The zero-order valence-electron chi connectivity index (χ0n) is 24.1. The van der Waals surface area contributed by atoms with Crippen molar-refractivity contribution < 1.29 is 23.9 Å². The van der Waals surface area contributed by atoms with Gasteiger partial charge in [-0.1, -0.05) is 72.8 Å². The summed E-state index contributed by atoms with van der Waals surface area (Å²) in [5, 5.41) is 7.57. The van der Waals surface area contributed by atoms with Crippen LogP contribution in [0.4, 0.5) is 10.7 Å². The van der Waals surface area contributed by atoms with E-state index in [0.29, 0.717) is 33.1 Å². The lowest BCUT2D eigenvalue weighted by atomic mass is 10.0. The molecule has 222 valence electrons. The summed E-state index contributed by atoms with van der Waals surface area (Å²) in [6, 6.07) is 33.2. The molecule has 1 atom stereocenters. The lowest BCUT2D eigenvalue weighted by Crippen LogP contribution is -2.20. The van der Waals surface area contributed by atoms with Gasteiger partial charge in [0.15, 0.2) is 0 Å². The maximum Gasteiger partial charge on any atom is 0.341 e. The van der Waals surface area contributed by atoms with E-state index in [9.17, 15) is 14.4 Å². The van der Waals surface area contributed by atoms with Crippen molar-refractivity contribution in [2.24, 2.45) is 0 Å². The molecule has 0 bridgehead atoms. The number of benzene rings is 4. The number of anilines is 2. The van der Waals surface area contributed by atoms with Gasteiger partial charge in [0.25, 0.3) is 5.91 Å². The largest absolute Gasteiger partial charge is 0.497 e. The first-order valence-electron chi connectivity index (χ1n) is 13.9. The SMILES string of the molecule is CCOC(=O)c1c(-c2ccccc2)csc1NC(=O)C(Sc1cccc(NC(=O)c2cccc(OC)c2)c1)c1ccccc1. The Labute approximate surface area is 264 Å². The number of carbonyl (C=O) groups is 3. The fraction of sp³-hybridized carbons (Fsp3) is 0.114. The zero-order valence-corrected chi connectivity index (χ0v) is 25.7. The van der Waals surface area contributed by atoms with Crippen molar-refractivity contribution in [3.8, 4) is 16.9 Å². The highest BCUT2D eigenvalue weighted by atomic mass is 32.2. The Bertz CT molecular complexity index is 1760. The van der Waals surface area contributed by atoms with Gasteiger partial charge in [0.05, 0.1) is 13.7 Å². The lowest BCUT2D eigenvalue weighted by Gasteiger charge is -2.18. The number of carbonyl (C=O) groups excluding carboxylic acids is 3. The fourth-order valence-electron chi connectivity index (χ4n) is 4.52. The normalized spacial score (nSPS) is 11.3. The van der Waals surface area contributed by atoms with Crippen LogP contribution in [-0.2, 0) is 9.53 Å². The summed E-state index contributed by atoms with van der Waals surface area (Å²) in [6.07, 6.45) is 0. The molecule has 0 saturated carbocycles. The number of nitrogens with one attached hydrogen (secondary N) is 2. The van der Waals surface area contributed by atoms with Crippen molar-refractivity contribution in [1.29, 1.82) is 0 Å². The number of hydrogen-bond donors (Lipinski definition) is 2. The van der Waals surface area contributed by atoms with Crippen molar-refractivity contribution in [3.05, 3.63) is 131 Å². The number of ether oxygens (including phenoxy) is 2. The highest BCUT2D eigenvalue weighted by Gasteiger charge is 2.27. The van der Waals surface area contributed by atoms with Gasteiger partial charge >= 0.3 is 5.97 Å². The Hall–Kier alpha value is -4.86. The number of esters is 1. The molecule has 5 aromatic rings. The molecular weight excluding hydrogens is 593 g/mol. The lowest BCUT2D eigenvalue weighted by molar-refractivity contribution is -0.115. The average Bonchev–Trinajstić information content (AvgIpc) is 3.48. The minimum Gasteiger partial charge on any atom is -0.497 e. The van der Waals surface area contributed by atoms with E-state index in [-0.39, 0.29) is 18.4 Å². The summed E-state index contributed by atoms with van der Waals surface area (Å²) in [7, 11) is 1.55. The van der Waals surface area contributed by atoms with Crippen LogP contribution in [0.15, 0.2) is 119 Å². The highest BCUT2D eigenvalue weighted by molar-refractivity contribution is 8.00. The summed E-state index contributed by atoms with van der Waals surface area (Å²) in [5.41, 5.74) is 3.73. The number of rotatable bonds is 11. The van der Waals surface area contributed by atoms with E-state index in [4.69, 9.17) is 9.47 Å². The molecule has 0 aliphatic carbocycles. The zero-order chi connectivity index (χ0) is 30.9. The maximum absolute atomic E-state index is 13.9. The van der Waals surface area contributed by atoms with E-state index >= 15 is 0 Å². The van der Waals surface area contributed by atoms with Crippen LogP contribution in [0.1, 0.15) is 38.5 Å². The van der Waals surface area contributed by atoms with Crippen LogP contribution in [0.5, 0.6) is 5.75 Å². The molecule has 1 aromatic heterocycles. The van der Waals surface area contributed by atoms with Gasteiger partial charge in [0.2, 0.25) is 5.91 Å². The van der Waals surface area contributed by atoms with Crippen LogP contribution >= 0.6 is 23.1 Å². The van der Waals surface area contributed by atoms with Crippen LogP contribution in [0.3, 0.4) is 0 Å². The molecular formula is C35H30N2O5S2. The number of thiophene rings is 1. The smallest absolute Gasteiger partial charge is 0.341 e. The second-order valence-electron chi connectivity index (χ2n) is 9.55. The van der Waals surface area contributed by atoms with Gasteiger partial charge in [-0.25, -0.2) is 4.79 Å². The third kappa shape index (κ3) is 7.37. The van der Waals surface area contributed by atoms with Gasteiger partial charge in [-0.05, 0) is 54.4 Å². The van der Waals surface area contributed by atoms with Crippen LogP contribution < -0.4 is 15.4 Å². The second-order valence-corrected chi connectivity index (χ2v) is 11.6. The van der Waals surface area contributed by atoms with Crippen LogP contribution in [-0.4, -0.2) is 31.5 Å². The second kappa shape index (κ2) is 14.5. The fourth-order valence-corrected chi connectivity index (χ4v) is 6.56. The van der Waals surface area contributed by atoms with E-state index < -0.39 is 11.2 Å². The van der Waals surface area contributed by atoms with E-state index in [1.54, 1.807) is 44.4 Å². The molecule has 2 N–H and O–H groups in total. The summed E-state index contributed by atoms with van der Waals surface area (Å²) < 4.78 is 10.6. The monoisotopic (exact) mass is 622 g/mol. The summed E-state index contributed by atoms with van der Waals surface area (Å²) in [4.78, 5) is 40.7. The van der Waals surface area contributed by atoms with Gasteiger partial charge in [0, 0.05) is 27.1 Å². The molecule has 7 nitrogen and oxygen atoms in total. The quantitative estimate of drug-likeness (QED) is 0.114. The summed E-state index contributed by atoms with van der Waals surface area (Å²) in [5.74, 6) is -0.474. The Morgan fingerprint density at radius 2 is 1.57 bits per heavy atom. The summed E-state index contributed by atoms with van der Waals surface area (Å²) >= 11 is 2.63. The van der Waals surface area contributed by atoms with Crippen molar-refractivity contribution in [2.45, 2.75) is 17.1 Å². The molecule has 0 aliphatic heterocycles. The Balaban J connectivity index is 1.41. The molecule has 9 heteroatoms. The molecule has 0 aliphatic rings. The van der Waals surface area contributed by atoms with E-state index in [2.05, 4.69) is 10.6 Å². The van der Waals surface area contributed by atoms with Crippen LogP contribution in [0.2, 0.25) is 0 Å². The molecule has 5 rings (SSSR count). The number of amides is 2. The van der Waals surface area contributed by atoms with Crippen LogP contribution in [0, 0.1) is 0 Å². The van der Waals surface area contributed by atoms with E-state index in [1.165, 1.54) is 23.1 Å². The van der Waals surface area contributed by atoms with Crippen molar-refractivity contribution in [2.75, 3.05) is 24.4 Å². The van der Waals surface area contributed by atoms with Gasteiger partial charge in [-0.15, -0.1) is 23.1 Å². The molecule has 0 fully saturated rings. The third-order valence-corrected chi connectivity index (χ3v) is 8.75. The minimum atomic E-state index is -0.655. The number of thioether (sulfide) groups is 1. The molecule has 0 saturated heterocycles. The topological polar surface area (TPSA) is 93.7 Å². The predicted molar refractivity (Wildman–Crippen MR) is 177 cm³/mol. The van der Waals surface area contributed by atoms with Crippen molar-refractivity contribution >= 4 is 51.6 Å². The maximum atomic E-state index is 13.9. The first kappa shape index (κ1) is 30.6. The number of hydrogen-bond acceptors (Lipinski definition) is 7. The van der Waals surface area contributed by atoms with Crippen LogP contribution in [0.25, 0.3) is 11.1 Å². The molecule has 1 unspecified atom stereocenters. The molecule has 0 radical (unpaired) electrons. The number of methoxy groups -OCH3 is 1. The first-order chi connectivity index (χ1) is 21.5. The first-order valence-corrected chi connectivity index (χ1v) is 15.6. The van der Waals surface area contributed by atoms with Gasteiger partial charge < -0.3 is 20.1 Å². The van der Waals surface area contributed by atoms with Gasteiger partial charge in [0.1, 0.15) is 21.6 Å². The molecule has 0 spiro atoms. The average molecular weight is 623 g/mol. The molecule has 4 aromatic carbocycles. The minimum absolute atomic E-state index is 0.212.